The number of amides is 1. The van der Waals surface area contributed by atoms with Crippen LogP contribution in [0.5, 0.6) is 5.75 Å². The van der Waals surface area contributed by atoms with Gasteiger partial charge in [-0.05, 0) is 12.0 Å². The minimum absolute atomic E-state index is 0.0431. The van der Waals surface area contributed by atoms with Crippen LogP contribution in [0.4, 0.5) is 5.82 Å². The summed E-state index contributed by atoms with van der Waals surface area (Å²) in [7, 11) is 0. The van der Waals surface area contributed by atoms with Gasteiger partial charge in [-0.15, -0.1) is 5.10 Å². The van der Waals surface area contributed by atoms with Crippen LogP contribution in [0.2, 0.25) is 0 Å². The van der Waals surface area contributed by atoms with Gasteiger partial charge in [0.1, 0.15) is 18.0 Å². The fraction of sp³-hybridized carbons (Fsp3) is 0.421. The molecule has 3 heterocycles. The highest BCUT2D eigenvalue weighted by molar-refractivity contribution is 5.90. The minimum atomic E-state index is -0.399. The lowest BCUT2D eigenvalue weighted by molar-refractivity contribution is -0.117. The summed E-state index contributed by atoms with van der Waals surface area (Å²) in [4.78, 5) is 28.9. The number of hydrogen-bond acceptors (Lipinski definition) is 6. The van der Waals surface area contributed by atoms with Crippen LogP contribution in [0.25, 0.3) is 5.65 Å². The number of nitrogens with one attached hydrogen (secondary N) is 1. The Kier molecular flexibility index (Phi) is 5.72. The summed E-state index contributed by atoms with van der Waals surface area (Å²) in [5.41, 5.74) is 0.863. The van der Waals surface area contributed by atoms with Gasteiger partial charge < -0.3 is 10.1 Å². The number of anilines is 1. The van der Waals surface area contributed by atoms with Crippen molar-refractivity contribution in [2.24, 2.45) is 5.92 Å². The topological polar surface area (TPSA) is 103 Å². The fourth-order valence-electron chi connectivity index (χ4n) is 2.58. The summed E-state index contributed by atoms with van der Waals surface area (Å²) < 4.78 is 8.43. The molecule has 0 saturated heterocycles. The SMILES string of the molecule is CC(C)COc1cc(=O)n(CC(=O)Nc2cc3ncccn3n2)nc1C(C)C. The molecule has 0 aromatic carbocycles. The minimum Gasteiger partial charge on any atom is -0.491 e. The first-order valence-electron chi connectivity index (χ1n) is 9.18. The molecule has 3 aromatic heterocycles. The molecule has 148 valence electrons. The van der Waals surface area contributed by atoms with Crippen LogP contribution in [0.15, 0.2) is 35.4 Å². The average molecular weight is 384 g/mol. The Labute approximate surface area is 162 Å². The van der Waals surface area contributed by atoms with E-state index in [4.69, 9.17) is 4.74 Å². The van der Waals surface area contributed by atoms with Crippen molar-refractivity contribution in [3.8, 4) is 5.75 Å². The van der Waals surface area contributed by atoms with E-state index in [1.807, 2.05) is 27.7 Å². The molecule has 0 aliphatic carbocycles. The summed E-state index contributed by atoms with van der Waals surface area (Å²) in [6, 6.07) is 4.79. The second kappa shape index (κ2) is 8.20. The molecule has 28 heavy (non-hydrogen) atoms. The molecular formula is C19H24N6O3. The van der Waals surface area contributed by atoms with E-state index < -0.39 is 11.5 Å². The van der Waals surface area contributed by atoms with Gasteiger partial charge in [-0.25, -0.2) is 14.2 Å². The highest BCUT2D eigenvalue weighted by Crippen LogP contribution is 2.22. The lowest BCUT2D eigenvalue weighted by Gasteiger charge is -2.16. The molecule has 1 amide bonds. The molecule has 0 aliphatic heterocycles. The number of carbonyl (C=O) groups excluding carboxylic acids is 1. The van der Waals surface area contributed by atoms with Crippen LogP contribution in [0, 0.1) is 5.92 Å². The van der Waals surface area contributed by atoms with Crippen LogP contribution in [-0.2, 0) is 11.3 Å². The van der Waals surface area contributed by atoms with Crippen molar-refractivity contribution < 1.29 is 9.53 Å². The summed E-state index contributed by atoms with van der Waals surface area (Å²) in [6.07, 6.45) is 3.37. The monoisotopic (exact) mass is 384 g/mol. The largest absolute Gasteiger partial charge is 0.491 e. The molecule has 0 fully saturated rings. The van der Waals surface area contributed by atoms with Crippen molar-refractivity contribution in [2.45, 2.75) is 40.2 Å². The van der Waals surface area contributed by atoms with Gasteiger partial charge in [0.25, 0.3) is 5.56 Å². The normalized spacial score (nSPS) is 11.4. The molecule has 0 unspecified atom stereocenters. The van der Waals surface area contributed by atoms with Crippen LogP contribution >= 0.6 is 0 Å². The molecule has 0 saturated carbocycles. The van der Waals surface area contributed by atoms with Gasteiger partial charge in [-0.3, -0.25) is 9.59 Å². The zero-order chi connectivity index (χ0) is 20.3. The van der Waals surface area contributed by atoms with Crippen molar-refractivity contribution in [3.63, 3.8) is 0 Å². The maximum Gasteiger partial charge on any atom is 0.270 e. The standard InChI is InChI=1S/C19H24N6O3/c1-12(2)11-28-14-8-18(27)25(23-19(14)13(3)4)10-17(26)21-15-9-16-20-6-5-7-24(16)22-15/h5-9,12-13H,10-11H2,1-4H3,(H,21,22,26). The number of ether oxygens (including phenoxy) is 1. The zero-order valence-electron chi connectivity index (χ0n) is 16.4. The number of rotatable bonds is 7. The first-order chi connectivity index (χ1) is 13.3. The van der Waals surface area contributed by atoms with Crippen molar-refractivity contribution in [1.82, 2.24) is 24.4 Å². The smallest absolute Gasteiger partial charge is 0.270 e. The number of aromatic nitrogens is 5. The maximum absolute atomic E-state index is 12.4. The van der Waals surface area contributed by atoms with E-state index in [1.54, 1.807) is 29.0 Å². The Morgan fingerprint density at radius 2 is 2.00 bits per heavy atom. The molecule has 0 spiro atoms. The Bertz CT molecular complexity index is 1000. The Morgan fingerprint density at radius 1 is 1.21 bits per heavy atom. The molecular weight excluding hydrogens is 360 g/mol. The van der Waals surface area contributed by atoms with Crippen LogP contribution in [0.3, 0.4) is 0 Å². The molecule has 3 rings (SSSR count). The highest BCUT2D eigenvalue weighted by atomic mass is 16.5. The third kappa shape index (κ3) is 4.54. The summed E-state index contributed by atoms with van der Waals surface area (Å²) >= 11 is 0. The molecule has 0 atom stereocenters. The van der Waals surface area contributed by atoms with Gasteiger partial charge in [0, 0.05) is 30.4 Å². The Balaban J connectivity index is 1.77. The van der Waals surface area contributed by atoms with Crippen molar-refractivity contribution in [2.75, 3.05) is 11.9 Å². The molecule has 0 bridgehead atoms. The maximum atomic E-state index is 12.4. The predicted molar refractivity (Wildman–Crippen MR) is 105 cm³/mol. The van der Waals surface area contributed by atoms with Crippen LogP contribution in [0.1, 0.15) is 39.3 Å². The molecule has 0 aliphatic rings. The molecule has 3 aromatic rings. The van der Waals surface area contributed by atoms with E-state index in [9.17, 15) is 9.59 Å². The lowest BCUT2D eigenvalue weighted by atomic mass is 10.1. The van der Waals surface area contributed by atoms with Crippen LogP contribution in [-0.4, -0.2) is 36.9 Å². The first-order valence-corrected chi connectivity index (χ1v) is 9.18. The Hall–Kier alpha value is -3.23. The molecule has 0 radical (unpaired) electrons. The number of hydrogen-bond donors (Lipinski definition) is 1. The quantitative estimate of drug-likeness (QED) is 0.669. The second-order valence-corrected chi connectivity index (χ2v) is 7.25. The highest BCUT2D eigenvalue weighted by Gasteiger charge is 2.16. The predicted octanol–water partition coefficient (Wildman–Crippen LogP) is 2.08. The third-order valence-corrected chi connectivity index (χ3v) is 3.91. The molecule has 9 heteroatoms. The average Bonchev–Trinajstić information content (AvgIpc) is 3.03. The van der Waals surface area contributed by atoms with Crippen molar-refractivity contribution >= 4 is 17.4 Å². The summed E-state index contributed by atoms with van der Waals surface area (Å²) in [5, 5.41) is 11.2. The van der Waals surface area contributed by atoms with Gasteiger partial charge in [0.15, 0.2) is 11.5 Å². The van der Waals surface area contributed by atoms with E-state index in [0.29, 0.717) is 35.4 Å². The summed E-state index contributed by atoms with van der Waals surface area (Å²) in [6.45, 7) is 8.26. The van der Waals surface area contributed by atoms with E-state index >= 15 is 0 Å². The van der Waals surface area contributed by atoms with Crippen molar-refractivity contribution in [3.05, 3.63) is 46.6 Å². The third-order valence-electron chi connectivity index (χ3n) is 3.91. The van der Waals surface area contributed by atoms with Gasteiger partial charge in [-0.2, -0.15) is 5.10 Å². The lowest BCUT2D eigenvalue weighted by Crippen LogP contribution is -2.30. The van der Waals surface area contributed by atoms with E-state index in [2.05, 4.69) is 20.5 Å². The van der Waals surface area contributed by atoms with Gasteiger partial charge in [-0.1, -0.05) is 27.7 Å². The van der Waals surface area contributed by atoms with Crippen LogP contribution < -0.4 is 15.6 Å². The number of carbonyl (C=O) groups is 1. The van der Waals surface area contributed by atoms with Crippen molar-refractivity contribution in [1.29, 1.82) is 0 Å². The van der Waals surface area contributed by atoms with Gasteiger partial charge in [0.2, 0.25) is 5.91 Å². The zero-order valence-corrected chi connectivity index (χ0v) is 16.4. The second-order valence-electron chi connectivity index (χ2n) is 7.25. The van der Waals surface area contributed by atoms with Gasteiger partial charge >= 0.3 is 0 Å². The number of fused-ring (bicyclic) bond motifs is 1. The molecule has 1 N–H and O–H groups in total. The van der Waals surface area contributed by atoms with E-state index in [1.165, 1.54) is 6.07 Å². The summed E-state index contributed by atoms with van der Waals surface area (Å²) in [5.74, 6) is 0.799. The Morgan fingerprint density at radius 3 is 2.68 bits per heavy atom. The van der Waals surface area contributed by atoms with Gasteiger partial charge in [0.05, 0.1) is 6.61 Å². The number of nitrogens with zero attached hydrogens (tertiary/aromatic N) is 5. The van der Waals surface area contributed by atoms with E-state index in [0.717, 1.165) is 4.68 Å². The first kappa shape index (κ1) is 19.5. The molecule has 9 nitrogen and oxygen atoms in total. The van der Waals surface area contributed by atoms with E-state index in [-0.39, 0.29) is 12.5 Å². The fourth-order valence-corrected chi connectivity index (χ4v) is 2.58.